The smallest absolute Gasteiger partial charge is 0.324 e. The first kappa shape index (κ1) is 41.8. The van der Waals surface area contributed by atoms with Crippen molar-refractivity contribution in [1.29, 1.82) is 0 Å². The number of carboxylic acids is 1. The van der Waals surface area contributed by atoms with Gasteiger partial charge >= 0.3 is 11.9 Å². The molecule has 0 aromatic rings. The molecule has 0 atom stereocenters. The third-order valence-corrected chi connectivity index (χ3v) is 7.77. The van der Waals surface area contributed by atoms with Gasteiger partial charge in [0.25, 0.3) is 0 Å². The lowest BCUT2D eigenvalue weighted by Crippen LogP contribution is -2.08. The Morgan fingerprint density at radius 3 is 1.10 bits per heavy atom. The molecular formula is C36H71NO4. The Hall–Kier alpha value is -1.36. The maximum absolute atomic E-state index is 10.8. The van der Waals surface area contributed by atoms with E-state index in [4.69, 9.17) is 11.0 Å². The van der Waals surface area contributed by atoms with Crippen LogP contribution >= 0.6 is 0 Å². The Bertz CT molecular complexity index is 550. The number of allylic oxidation sites excluding steroid dienone is 2. The number of nitrogens with two attached hydrogens (primary N) is 1. The number of carbonyl (C=O) groups is 2. The van der Waals surface area contributed by atoms with E-state index in [1.807, 2.05) is 0 Å². The van der Waals surface area contributed by atoms with Crippen molar-refractivity contribution in [3.8, 4) is 0 Å². The molecule has 0 spiro atoms. The van der Waals surface area contributed by atoms with E-state index in [0.29, 0.717) is 12.8 Å². The Morgan fingerprint density at radius 1 is 0.488 bits per heavy atom. The fraction of sp³-hybridized carbons (Fsp3) is 0.889. The summed E-state index contributed by atoms with van der Waals surface area (Å²) in [6, 6.07) is 0. The Balaban J connectivity index is 0. The van der Waals surface area contributed by atoms with Crippen LogP contribution in [0.5, 0.6) is 0 Å². The summed E-state index contributed by atoms with van der Waals surface area (Å²) in [6.45, 7) is 4.53. The first-order chi connectivity index (χ1) is 20.1. The van der Waals surface area contributed by atoms with Gasteiger partial charge in [-0.1, -0.05) is 167 Å². The first-order valence-corrected chi connectivity index (χ1v) is 17.8. The molecule has 0 radical (unpaired) electrons. The molecule has 0 aliphatic rings. The Morgan fingerprint density at radius 2 is 0.780 bits per heavy atom. The maximum atomic E-state index is 10.8. The van der Waals surface area contributed by atoms with E-state index in [9.17, 15) is 9.59 Å². The minimum Gasteiger partial charge on any atom is -0.481 e. The van der Waals surface area contributed by atoms with Gasteiger partial charge in [0.1, 0.15) is 0 Å². The van der Waals surface area contributed by atoms with Gasteiger partial charge in [0.15, 0.2) is 0 Å². The predicted molar refractivity (Wildman–Crippen MR) is 177 cm³/mol. The summed E-state index contributed by atoms with van der Waals surface area (Å²) in [5.41, 5.74) is 0. The van der Waals surface area contributed by atoms with E-state index in [1.54, 1.807) is 0 Å². The van der Waals surface area contributed by atoms with Crippen molar-refractivity contribution in [2.45, 2.75) is 206 Å². The summed E-state index contributed by atoms with van der Waals surface area (Å²) in [6.07, 6.45) is 41.7. The number of hydrogen-bond donors (Lipinski definition) is 2. The molecule has 0 aromatic heterocycles. The molecule has 3 N–H and O–H groups in total. The summed E-state index contributed by atoms with van der Waals surface area (Å²) >= 11 is 0. The highest BCUT2D eigenvalue weighted by Gasteiger charge is 1.99. The van der Waals surface area contributed by atoms with Crippen LogP contribution in [-0.2, 0) is 14.4 Å². The molecule has 0 aliphatic carbocycles. The zero-order chi connectivity index (χ0) is 30.5. The molecule has 244 valence electrons. The SMILES string of the molecule is CCCCCCCC/C=C\CCCCCCCC(=O)ON.CCCCCCCCCCCCCCCCCC(=O)O. The molecule has 0 aromatic carbocycles. The molecule has 5 heteroatoms. The van der Waals surface area contributed by atoms with Gasteiger partial charge in [0, 0.05) is 12.8 Å². The van der Waals surface area contributed by atoms with E-state index in [-0.39, 0.29) is 5.97 Å². The number of carboxylic acid groups (broad SMARTS) is 1. The summed E-state index contributed by atoms with van der Waals surface area (Å²) in [7, 11) is 0. The van der Waals surface area contributed by atoms with Crippen molar-refractivity contribution in [3.63, 3.8) is 0 Å². The molecule has 0 unspecified atom stereocenters. The second kappa shape index (κ2) is 38.6. The summed E-state index contributed by atoms with van der Waals surface area (Å²) < 4.78 is 0. The lowest BCUT2D eigenvalue weighted by molar-refractivity contribution is -0.144. The van der Waals surface area contributed by atoms with Gasteiger partial charge < -0.3 is 9.94 Å². The highest BCUT2D eigenvalue weighted by atomic mass is 16.7. The van der Waals surface area contributed by atoms with Crippen molar-refractivity contribution in [1.82, 2.24) is 0 Å². The summed E-state index contributed by atoms with van der Waals surface area (Å²) in [4.78, 5) is 25.2. The average molecular weight is 582 g/mol. The number of carbonyl (C=O) groups excluding carboxylic acids is 1. The van der Waals surface area contributed by atoms with Gasteiger partial charge in [-0.15, -0.1) is 0 Å². The van der Waals surface area contributed by atoms with E-state index in [0.717, 1.165) is 25.7 Å². The van der Waals surface area contributed by atoms with Gasteiger partial charge in [-0.2, -0.15) is 5.90 Å². The van der Waals surface area contributed by atoms with Crippen LogP contribution in [-0.4, -0.2) is 17.0 Å². The van der Waals surface area contributed by atoms with E-state index < -0.39 is 5.97 Å². The normalized spacial score (nSPS) is 11.0. The molecule has 0 heterocycles. The number of aliphatic carboxylic acids is 1. The molecular weight excluding hydrogens is 510 g/mol. The highest BCUT2D eigenvalue weighted by molar-refractivity contribution is 5.68. The van der Waals surface area contributed by atoms with Gasteiger partial charge in [-0.05, 0) is 38.5 Å². The van der Waals surface area contributed by atoms with Crippen molar-refractivity contribution in [2.24, 2.45) is 5.90 Å². The zero-order valence-corrected chi connectivity index (χ0v) is 27.6. The topological polar surface area (TPSA) is 89.6 Å². The maximum Gasteiger partial charge on any atom is 0.324 e. The lowest BCUT2D eigenvalue weighted by Gasteiger charge is -2.03. The Labute approximate surface area is 255 Å². The van der Waals surface area contributed by atoms with Crippen LogP contribution in [0.3, 0.4) is 0 Å². The number of hydrogen-bond acceptors (Lipinski definition) is 4. The predicted octanol–water partition coefficient (Wildman–Crippen LogP) is 11.8. The third kappa shape index (κ3) is 43.2. The quantitative estimate of drug-likeness (QED) is 0.0483. The van der Waals surface area contributed by atoms with Gasteiger partial charge in [0.2, 0.25) is 0 Å². The molecule has 0 bridgehead atoms. The molecule has 0 fully saturated rings. The molecule has 0 amide bonds. The molecule has 0 saturated heterocycles. The van der Waals surface area contributed by atoms with Crippen LogP contribution in [0, 0.1) is 0 Å². The van der Waals surface area contributed by atoms with Crippen LogP contribution < -0.4 is 5.90 Å². The van der Waals surface area contributed by atoms with Crippen LogP contribution in [0.4, 0.5) is 0 Å². The average Bonchev–Trinajstić information content (AvgIpc) is 2.97. The van der Waals surface area contributed by atoms with E-state index >= 15 is 0 Å². The van der Waals surface area contributed by atoms with E-state index in [1.165, 1.54) is 154 Å². The summed E-state index contributed by atoms with van der Waals surface area (Å²) in [5.74, 6) is 3.82. The number of rotatable bonds is 31. The molecule has 41 heavy (non-hydrogen) atoms. The van der Waals surface area contributed by atoms with Crippen LogP contribution in [0.1, 0.15) is 206 Å². The van der Waals surface area contributed by atoms with Crippen LogP contribution in [0.15, 0.2) is 12.2 Å². The fourth-order valence-corrected chi connectivity index (χ4v) is 5.05. The first-order valence-electron chi connectivity index (χ1n) is 17.8. The van der Waals surface area contributed by atoms with Crippen LogP contribution in [0.2, 0.25) is 0 Å². The molecule has 0 rings (SSSR count). The van der Waals surface area contributed by atoms with Crippen molar-refractivity contribution >= 4 is 11.9 Å². The molecule has 0 aliphatic heterocycles. The standard InChI is InChI=1S/C18H35NO2.C18H36O2/c1-2-3-4-5-6-7-8-9-10-11-12-13-14-15-16-17-18(20)21-19;1-2-3-4-5-6-7-8-9-10-11-12-13-14-15-16-17-18(19)20/h9-10H,2-8,11-17,19H2,1H3;2-17H2,1H3,(H,19,20)/b10-9-;. The van der Waals surface area contributed by atoms with Gasteiger partial charge in [0.05, 0.1) is 0 Å². The van der Waals surface area contributed by atoms with Crippen LogP contribution in [0.25, 0.3) is 0 Å². The van der Waals surface area contributed by atoms with E-state index in [2.05, 4.69) is 30.8 Å². The molecule has 5 nitrogen and oxygen atoms in total. The van der Waals surface area contributed by atoms with Gasteiger partial charge in [-0.25, -0.2) is 0 Å². The zero-order valence-electron chi connectivity index (χ0n) is 27.6. The van der Waals surface area contributed by atoms with Crippen molar-refractivity contribution in [3.05, 3.63) is 12.2 Å². The monoisotopic (exact) mass is 582 g/mol. The van der Waals surface area contributed by atoms with Crippen molar-refractivity contribution < 1.29 is 19.5 Å². The largest absolute Gasteiger partial charge is 0.481 e. The highest BCUT2D eigenvalue weighted by Crippen LogP contribution is 2.14. The Kier molecular flexibility index (Phi) is 39.4. The second-order valence-electron chi connectivity index (χ2n) is 11.9. The van der Waals surface area contributed by atoms with Crippen molar-refractivity contribution in [2.75, 3.05) is 0 Å². The minimum atomic E-state index is -0.653. The van der Waals surface area contributed by atoms with Gasteiger partial charge in [-0.3, -0.25) is 9.59 Å². The minimum absolute atomic E-state index is 0.298. The third-order valence-electron chi connectivity index (χ3n) is 7.77. The molecule has 0 saturated carbocycles. The fourth-order valence-electron chi connectivity index (χ4n) is 5.05. The lowest BCUT2D eigenvalue weighted by atomic mass is 10.0. The number of unbranched alkanes of at least 4 members (excludes halogenated alkanes) is 25. The second-order valence-corrected chi connectivity index (χ2v) is 11.9. The summed E-state index contributed by atoms with van der Waals surface area (Å²) in [5, 5.41) is 8.52.